The Morgan fingerprint density at radius 1 is 1.17 bits per heavy atom. The molecule has 1 unspecified atom stereocenters. The van der Waals surface area contributed by atoms with Crippen LogP contribution >= 0.6 is 11.6 Å². The number of aromatic nitrogens is 1. The van der Waals surface area contributed by atoms with E-state index in [2.05, 4.69) is 11.6 Å². The molecule has 3 amide bonds. The zero-order valence-corrected chi connectivity index (χ0v) is 27.6. The summed E-state index contributed by atoms with van der Waals surface area (Å²) in [6, 6.07) is 5.68. The van der Waals surface area contributed by atoms with Crippen molar-refractivity contribution in [3.8, 4) is 0 Å². The van der Waals surface area contributed by atoms with Crippen LogP contribution in [0.5, 0.6) is 0 Å². The Labute approximate surface area is 276 Å². The summed E-state index contributed by atoms with van der Waals surface area (Å²) in [5.74, 6) is -2.26. The zero-order valence-electron chi connectivity index (χ0n) is 26.9. The molecule has 47 heavy (non-hydrogen) atoms. The number of para-hydroxylation sites is 1. The highest BCUT2D eigenvalue weighted by molar-refractivity contribution is 6.34. The molecule has 0 spiro atoms. The first kappa shape index (κ1) is 34.6. The van der Waals surface area contributed by atoms with Crippen molar-refractivity contribution in [3.05, 3.63) is 58.8 Å². The van der Waals surface area contributed by atoms with Gasteiger partial charge in [-0.2, -0.15) is 13.2 Å². The van der Waals surface area contributed by atoms with Crippen molar-refractivity contribution in [2.24, 2.45) is 11.8 Å². The van der Waals surface area contributed by atoms with Gasteiger partial charge >= 0.3 is 6.18 Å². The van der Waals surface area contributed by atoms with Crippen molar-refractivity contribution < 1.29 is 31.9 Å². The lowest BCUT2D eigenvalue weighted by molar-refractivity contribution is -0.138. The Morgan fingerprint density at radius 2 is 1.87 bits per heavy atom. The number of hydrogen-bond donors (Lipinski definition) is 0. The largest absolute Gasteiger partial charge is 0.416 e. The fourth-order valence-corrected chi connectivity index (χ4v) is 7.05. The number of amides is 3. The lowest BCUT2D eigenvalue weighted by Crippen LogP contribution is -2.54. The molecule has 5 rings (SSSR count). The van der Waals surface area contributed by atoms with Gasteiger partial charge in [0.1, 0.15) is 18.0 Å². The first-order valence-corrected chi connectivity index (χ1v) is 15.9. The Balaban J connectivity index is 1.34. The number of nitrogens with zero attached hydrogens (tertiary/aromatic N) is 6. The number of likely N-dealkylation sites (tertiary alicyclic amines) is 1. The molecule has 0 radical (unpaired) electrons. The minimum Gasteiger partial charge on any atom is -0.368 e. The van der Waals surface area contributed by atoms with Crippen molar-refractivity contribution >= 4 is 46.5 Å². The van der Waals surface area contributed by atoms with Gasteiger partial charge in [-0.25, -0.2) is 9.37 Å². The molecule has 2 fully saturated rings. The first-order chi connectivity index (χ1) is 22.1. The van der Waals surface area contributed by atoms with Crippen LogP contribution in [-0.4, -0.2) is 98.6 Å². The maximum Gasteiger partial charge on any atom is 0.416 e. The molecule has 0 aliphatic carbocycles. The monoisotopic (exact) mass is 678 g/mol. The summed E-state index contributed by atoms with van der Waals surface area (Å²) in [5.41, 5.74) is 0.602. The molecule has 0 saturated carbocycles. The van der Waals surface area contributed by atoms with Gasteiger partial charge in [-0.3, -0.25) is 19.3 Å². The van der Waals surface area contributed by atoms with Gasteiger partial charge in [-0.05, 0) is 58.1 Å². The SMILES string of the molecule is C=C(CN(C)C)C(=O)N1CC(C(F)CCCN2C[C@H]3CC(=O)N(c4cc(C(F)(F)F)cc(C)n4)[C@@H]3C(=O)N(C)c3cccc(Cl)c32)C1. The number of aryl methyl sites for hydroxylation is 1. The number of benzene rings is 1. The van der Waals surface area contributed by atoms with E-state index < -0.39 is 41.7 Å². The van der Waals surface area contributed by atoms with Crippen LogP contribution < -0.4 is 14.7 Å². The van der Waals surface area contributed by atoms with E-state index in [4.69, 9.17) is 11.6 Å². The predicted molar refractivity (Wildman–Crippen MR) is 172 cm³/mol. The smallest absolute Gasteiger partial charge is 0.368 e. The number of carbonyl (C=O) groups is 3. The first-order valence-electron chi connectivity index (χ1n) is 15.5. The van der Waals surface area contributed by atoms with Crippen molar-refractivity contribution in [1.29, 1.82) is 0 Å². The summed E-state index contributed by atoms with van der Waals surface area (Å²) < 4.78 is 56.4. The van der Waals surface area contributed by atoms with E-state index in [1.807, 2.05) is 23.9 Å². The number of fused-ring (bicyclic) bond motifs is 2. The molecule has 3 aliphatic heterocycles. The molecule has 4 heterocycles. The van der Waals surface area contributed by atoms with E-state index in [0.29, 0.717) is 54.6 Å². The maximum atomic E-state index is 15.3. The van der Waals surface area contributed by atoms with Crippen molar-refractivity contribution in [2.45, 2.75) is 44.6 Å². The van der Waals surface area contributed by atoms with Crippen LogP contribution in [0.25, 0.3) is 0 Å². The molecule has 0 N–H and O–H groups in total. The Hall–Kier alpha value is -3.71. The molecule has 0 bridgehead atoms. The number of halogens is 5. The van der Waals surface area contributed by atoms with Gasteiger partial charge in [0.15, 0.2) is 0 Å². The highest BCUT2D eigenvalue weighted by Crippen LogP contribution is 2.43. The number of hydrogen-bond acceptors (Lipinski definition) is 6. The molecule has 1 aromatic carbocycles. The van der Waals surface area contributed by atoms with Crippen molar-refractivity contribution in [1.82, 2.24) is 14.8 Å². The summed E-state index contributed by atoms with van der Waals surface area (Å²) in [6.45, 7) is 6.87. The van der Waals surface area contributed by atoms with Crippen LogP contribution in [0.2, 0.25) is 5.02 Å². The van der Waals surface area contributed by atoms with Gasteiger partial charge in [0.2, 0.25) is 11.8 Å². The number of anilines is 3. The Kier molecular flexibility index (Phi) is 9.89. The van der Waals surface area contributed by atoms with Crippen LogP contribution in [0.15, 0.2) is 42.5 Å². The molecular weight excluding hydrogens is 640 g/mol. The molecule has 2 aromatic rings. The predicted octanol–water partition coefficient (Wildman–Crippen LogP) is 4.96. The van der Waals surface area contributed by atoms with E-state index in [9.17, 15) is 27.6 Å². The molecule has 9 nitrogen and oxygen atoms in total. The number of carbonyl (C=O) groups excluding carboxylic acids is 3. The van der Waals surface area contributed by atoms with E-state index >= 15 is 4.39 Å². The molecule has 3 atom stereocenters. The van der Waals surface area contributed by atoms with Crippen LogP contribution in [-0.2, 0) is 20.6 Å². The van der Waals surface area contributed by atoms with E-state index in [0.717, 1.165) is 17.0 Å². The third-order valence-corrected chi connectivity index (χ3v) is 9.36. The minimum absolute atomic E-state index is 0.0645. The number of rotatable bonds is 9. The summed E-state index contributed by atoms with van der Waals surface area (Å²) in [7, 11) is 5.23. The minimum atomic E-state index is -4.67. The number of likely N-dealkylation sites (N-methyl/N-ethyl adjacent to an activating group) is 2. The van der Waals surface area contributed by atoms with Crippen molar-refractivity contribution in [3.63, 3.8) is 0 Å². The molecule has 2 saturated heterocycles. The summed E-state index contributed by atoms with van der Waals surface area (Å²) >= 11 is 6.68. The highest BCUT2D eigenvalue weighted by Gasteiger charge is 2.49. The third kappa shape index (κ3) is 7.11. The zero-order chi connectivity index (χ0) is 34.4. The van der Waals surface area contributed by atoms with Gasteiger partial charge in [0.25, 0.3) is 5.91 Å². The highest BCUT2D eigenvalue weighted by atomic mass is 35.5. The molecule has 1 aromatic heterocycles. The van der Waals surface area contributed by atoms with Crippen LogP contribution in [0.1, 0.15) is 30.5 Å². The second-order valence-corrected chi connectivity index (χ2v) is 13.4. The van der Waals surface area contributed by atoms with Gasteiger partial charge in [0.05, 0.1) is 22.0 Å². The Bertz CT molecular complexity index is 1560. The maximum absolute atomic E-state index is 15.3. The normalized spacial score (nSPS) is 21.0. The van der Waals surface area contributed by atoms with E-state index in [1.54, 1.807) is 23.1 Å². The summed E-state index contributed by atoms with van der Waals surface area (Å²) in [6.07, 6.45) is -5.25. The molecule has 14 heteroatoms. The second-order valence-electron chi connectivity index (χ2n) is 12.9. The summed E-state index contributed by atoms with van der Waals surface area (Å²) in [5, 5.41) is 0.375. The fraction of sp³-hybridized carbons (Fsp3) is 0.515. The van der Waals surface area contributed by atoms with Crippen LogP contribution in [0.4, 0.5) is 34.8 Å². The topological polar surface area (TPSA) is 80.3 Å². The Morgan fingerprint density at radius 3 is 2.53 bits per heavy atom. The van der Waals surface area contributed by atoms with E-state index in [-0.39, 0.29) is 42.7 Å². The van der Waals surface area contributed by atoms with E-state index in [1.165, 1.54) is 18.9 Å². The average Bonchev–Trinajstić information content (AvgIpc) is 3.28. The lowest BCUT2D eigenvalue weighted by Gasteiger charge is -2.42. The average molecular weight is 679 g/mol. The quantitative estimate of drug-likeness (QED) is 0.276. The van der Waals surface area contributed by atoms with Crippen LogP contribution in [0, 0.1) is 18.8 Å². The van der Waals surface area contributed by atoms with Gasteiger partial charge in [-0.1, -0.05) is 24.2 Å². The second kappa shape index (κ2) is 13.4. The standard InChI is InChI=1S/C33H39ClF4N6O3/c1-19(15-40(3)4)31(46)43-17-22(18-43)25(35)9-7-11-42-16-21-13-28(45)44(27-14-23(33(36,37)38)12-20(2)39-27)29(21)32(47)41(5)26-10-6-8-24(34)30(26)42/h6,8,10,12,14,21-22,25,29H,1,7,9,11,13,15-18H2,2-5H3/t21-,25?,29+/m1/s1. The molecule has 254 valence electrons. The molecular formula is C33H39ClF4N6O3. The van der Waals surface area contributed by atoms with Crippen LogP contribution in [0.3, 0.4) is 0 Å². The summed E-state index contributed by atoms with van der Waals surface area (Å²) in [4.78, 5) is 52.1. The molecule has 3 aliphatic rings. The lowest BCUT2D eigenvalue weighted by atomic mass is 9.91. The number of alkyl halides is 4. The van der Waals surface area contributed by atoms with Gasteiger partial charge in [0, 0.05) is 69.3 Å². The van der Waals surface area contributed by atoms with Crippen molar-refractivity contribution in [2.75, 3.05) is 68.6 Å². The number of pyridine rings is 1. The fourth-order valence-electron chi connectivity index (χ4n) is 6.76. The van der Waals surface area contributed by atoms with Gasteiger partial charge in [-0.15, -0.1) is 0 Å². The van der Waals surface area contributed by atoms with Gasteiger partial charge < -0.3 is 19.6 Å². The third-order valence-electron chi connectivity index (χ3n) is 9.05.